The molecule has 62 heavy (non-hydrogen) atoms. The molecule has 0 amide bonds. The second-order valence-corrected chi connectivity index (χ2v) is 15.7. The van der Waals surface area contributed by atoms with Gasteiger partial charge < -0.3 is 9.13 Å². The van der Waals surface area contributed by atoms with Gasteiger partial charge in [0.25, 0.3) is 0 Å². The highest BCUT2D eigenvalue weighted by Crippen LogP contribution is 2.39. The molecule has 0 aliphatic rings. The summed E-state index contributed by atoms with van der Waals surface area (Å²) >= 11 is 0. The highest BCUT2D eigenvalue weighted by molar-refractivity contribution is 6.12. The predicted octanol–water partition coefficient (Wildman–Crippen LogP) is 14.4. The smallest absolute Gasteiger partial charge is 0.164 e. The monoisotopic (exact) mass is 791 g/mol. The first-order valence-electron chi connectivity index (χ1n) is 20.9. The van der Waals surface area contributed by atoms with Gasteiger partial charge in [-0.1, -0.05) is 152 Å². The fraction of sp³-hybridized carbons (Fsp3) is 0. The zero-order chi connectivity index (χ0) is 41.0. The van der Waals surface area contributed by atoms with Crippen LogP contribution in [0.4, 0.5) is 0 Å². The second-order valence-electron chi connectivity index (χ2n) is 15.7. The van der Waals surface area contributed by atoms with Crippen LogP contribution in [-0.4, -0.2) is 24.1 Å². The first-order chi connectivity index (χ1) is 30.7. The van der Waals surface area contributed by atoms with Gasteiger partial charge in [-0.15, -0.1) is 0 Å². The van der Waals surface area contributed by atoms with E-state index in [9.17, 15) is 0 Å². The first-order valence-corrected chi connectivity index (χ1v) is 20.9. The predicted molar refractivity (Wildman–Crippen MR) is 256 cm³/mol. The van der Waals surface area contributed by atoms with E-state index in [1.54, 1.807) is 0 Å². The molecule has 5 heteroatoms. The van der Waals surface area contributed by atoms with Gasteiger partial charge in [-0.05, 0) is 95.1 Å². The van der Waals surface area contributed by atoms with Crippen molar-refractivity contribution in [2.24, 2.45) is 0 Å². The molecule has 0 saturated heterocycles. The number of hydrogen-bond donors (Lipinski definition) is 0. The van der Waals surface area contributed by atoms with Crippen molar-refractivity contribution in [2.75, 3.05) is 0 Å². The van der Waals surface area contributed by atoms with E-state index < -0.39 is 0 Å². The van der Waals surface area contributed by atoms with Crippen molar-refractivity contribution in [3.05, 3.63) is 224 Å². The Hall–Kier alpha value is -8.41. The standard InChI is InChI=1S/C57H37N5/c1-4-15-38(16-5-1)42-21-14-22-46(35-42)62-52-26-13-11-24-48(52)50-37-44(30-34-54(50)62)43-29-33-53-49(36-43)47-23-10-12-25-51(47)61(53)45-31-27-41(28-32-45)57-59-55(39-17-6-2-7-18-39)58-56(60-57)40-19-8-3-9-20-40/h1-37H. The van der Waals surface area contributed by atoms with Crippen molar-refractivity contribution in [3.63, 3.8) is 0 Å². The number of benzene rings is 9. The van der Waals surface area contributed by atoms with Gasteiger partial charge >= 0.3 is 0 Å². The van der Waals surface area contributed by atoms with Crippen LogP contribution < -0.4 is 0 Å². The molecule has 0 atom stereocenters. The van der Waals surface area contributed by atoms with Gasteiger partial charge in [0.05, 0.1) is 22.1 Å². The Morgan fingerprint density at radius 1 is 0.226 bits per heavy atom. The first kappa shape index (κ1) is 35.5. The van der Waals surface area contributed by atoms with E-state index in [1.165, 1.54) is 54.8 Å². The van der Waals surface area contributed by atoms with Crippen molar-refractivity contribution < 1.29 is 0 Å². The third kappa shape index (κ3) is 6.06. The Bertz CT molecular complexity index is 3550. The van der Waals surface area contributed by atoms with Crippen LogP contribution in [0.1, 0.15) is 0 Å². The van der Waals surface area contributed by atoms with Crippen LogP contribution in [0.15, 0.2) is 224 Å². The summed E-state index contributed by atoms with van der Waals surface area (Å²) < 4.78 is 4.75. The lowest BCUT2D eigenvalue weighted by atomic mass is 10.0. The number of aromatic nitrogens is 5. The zero-order valence-electron chi connectivity index (χ0n) is 33.6. The molecule has 12 rings (SSSR count). The van der Waals surface area contributed by atoms with Gasteiger partial charge in [0.1, 0.15) is 0 Å². The molecule has 12 aromatic rings. The molecule has 9 aromatic carbocycles. The zero-order valence-corrected chi connectivity index (χ0v) is 33.6. The lowest BCUT2D eigenvalue weighted by Gasteiger charge is -2.11. The maximum atomic E-state index is 4.97. The molecule has 0 radical (unpaired) electrons. The van der Waals surface area contributed by atoms with Crippen molar-refractivity contribution in [2.45, 2.75) is 0 Å². The molecule has 0 fully saturated rings. The molecule has 0 unspecified atom stereocenters. The van der Waals surface area contributed by atoms with E-state index >= 15 is 0 Å². The lowest BCUT2D eigenvalue weighted by Crippen LogP contribution is -2.00. The van der Waals surface area contributed by atoms with Gasteiger partial charge in [0.15, 0.2) is 17.5 Å². The summed E-state index contributed by atoms with van der Waals surface area (Å²) in [5, 5.41) is 4.89. The number of rotatable bonds is 7. The van der Waals surface area contributed by atoms with Crippen molar-refractivity contribution in [1.82, 2.24) is 24.1 Å². The van der Waals surface area contributed by atoms with Crippen LogP contribution in [-0.2, 0) is 0 Å². The van der Waals surface area contributed by atoms with Gasteiger partial charge in [0, 0.05) is 49.6 Å². The van der Waals surface area contributed by atoms with E-state index in [0.29, 0.717) is 17.5 Å². The molecular weight excluding hydrogens is 755 g/mol. The summed E-state index contributed by atoms with van der Waals surface area (Å²) in [6.45, 7) is 0. The highest BCUT2D eigenvalue weighted by atomic mass is 15.0. The lowest BCUT2D eigenvalue weighted by molar-refractivity contribution is 1.07. The maximum Gasteiger partial charge on any atom is 0.164 e. The molecule has 3 aromatic heterocycles. The van der Waals surface area contributed by atoms with Crippen LogP contribution in [0.2, 0.25) is 0 Å². The van der Waals surface area contributed by atoms with Crippen molar-refractivity contribution in [3.8, 4) is 67.8 Å². The Kier molecular flexibility index (Phi) is 8.42. The van der Waals surface area contributed by atoms with Gasteiger partial charge in [-0.2, -0.15) is 0 Å². The van der Waals surface area contributed by atoms with Crippen LogP contribution in [0.5, 0.6) is 0 Å². The minimum Gasteiger partial charge on any atom is -0.309 e. The van der Waals surface area contributed by atoms with Crippen LogP contribution in [0.3, 0.4) is 0 Å². The highest BCUT2D eigenvalue weighted by Gasteiger charge is 2.18. The van der Waals surface area contributed by atoms with E-state index in [-0.39, 0.29) is 0 Å². The quantitative estimate of drug-likeness (QED) is 0.162. The maximum absolute atomic E-state index is 4.97. The van der Waals surface area contributed by atoms with Crippen molar-refractivity contribution >= 4 is 43.6 Å². The summed E-state index contributed by atoms with van der Waals surface area (Å²) in [5.74, 6) is 1.93. The average molecular weight is 792 g/mol. The largest absolute Gasteiger partial charge is 0.309 e. The molecule has 3 heterocycles. The van der Waals surface area contributed by atoms with Crippen LogP contribution in [0, 0.1) is 0 Å². The van der Waals surface area contributed by atoms with Crippen molar-refractivity contribution in [1.29, 1.82) is 0 Å². The van der Waals surface area contributed by atoms with E-state index in [1.807, 2.05) is 60.7 Å². The fourth-order valence-corrected chi connectivity index (χ4v) is 9.01. The van der Waals surface area contributed by atoms with Gasteiger partial charge in [-0.3, -0.25) is 0 Å². The third-order valence-corrected chi connectivity index (χ3v) is 12.0. The molecule has 0 spiro atoms. The molecule has 5 nitrogen and oxygen atoms in total. The summed E-state index contributed by atoms with van der Waals surface area (Å²) in [5.41, 5.74) is 14.5. The Balaban J connectivity index is 0.939. The van der Waals surface area contributed by atoms with Gasteiger partial charge in [0.2, 0.25) is 0 Å². The number of para-hydroxylation sites is 2. The average Bonchev–Trinajstić information content (AvgIpc) is 3.87. The Morgan fingerprint density at radius 3 is 1.11 bits per heavy atom. The van der Waals surface area contributed by atoms with Crippen LogP contribution >= 0.6 is 0 Å². The normalized spacial score (nSPS) is 11.5. The molecule has 0 bridgehead atoms. The van der Waals surface area contributed by atoms with E-state index in [0.717, 1.165) is 39.1 Å². The molecule has 290 valence electrons. The van der Waals surface area contributed by atoms with Gasteiger partial charge in [-0.25, -0.2) is 15.0 Å². The van der Waals surface area contributed by atoms with Crippen LogP contribution in [0.25, 0.3) is 111 Å². The number of hydrogen-bond acceptors (Lipinski definition) is 3. The topological polar surface area (TPSA) is 48.5 Å². The molecule has 0 aliphatic carbocycles. The summed E-state index contributed by atoms with van der Waals surface area (Å²) in [7, 11) is 0. The molecule has 0 saturated carbocycles. The SMILES string of the molecule is c1ccc(-c2cccc(-n3c4ccccc4c4cc(-c5ccc6c(c5)c5ccccc5n6-c5ccc(-c6nc(-c7ccccc7)nc(-c7ccccc7)n6)cc5)ccc43)c2)cc1. The Labute approximate surface area is 358 Å². The molecule has 0 aliphatic heterocycles. The second kappa shape index (κ2) is 14.7. The number of fused-ring (bicyclic) bond motifs is 6. The fourth-order valence-electron chi connectivity index (χ4n) is 9.01. The van der Waals surface area contributed by atoms with E-state index in [2.05, 4.69) is 173 Å². The minimum absolute atomic E-state index is 0.636. The summed E-state index contributed by atoms with van der Waals surface area (Å²) in [4.78, 5) is 14.8. The summed E-state index contributed by atoms with van der Waals surface area (Å²) in [6.07, 6.45) is 0. The van der Waals surface area contributed by atoms with E-state index in [4.69, 9.17) is 15.0 Å². The molecule has 0 N–H and O–H groups in total. The number of nitrogens with zero attached hydrogens (tertiary/aromatic N) is 5. The summed E-state index contributed by atoms with van der Waals surface area (Å²) in [6, 6.07) is 79.4. The Morgan fingerprint density at radius 2 is 0.597 bits per heavy atom. The third-order valence-electron chi connectivity index (χ3n) is 12.0. The minimum atomic E-state index is 0.636. The molecular formula is C57H37N5.